The maximum atomic E-state index is 13.6. The summed E-state index contributed by atoms with van der Waals surface area (Å²) in [5, 5.41) is 29.4. The zero-order chi connectivity index (χ0) is 32.7. The fraction of sp³-hybridized carbons (Fsp3) is 0.323. The number of nitrogens with two attached hydrogens (primary N) is 2. The highest BCUT2D eigenvalue weighted by molar-refractivity contribution is 5.95. The molecule has 0 aliphatic heterocycles. The molecule has 0 aliphatic carbocycles. The maximum Gasteiger partial charge on any atom is 0.326 e. The van der Waals surface area contributed by atoms with Crippen molar-refractivity contribution in [3.8, 4) is 0 Å². The Morgan fingerprint density at radius 3 is 1.80 bits per heavy atom. The van der Waals surface area contributed by atoms with E-state index in [9.17, 15) is 34.2 Å². The summed E-state index contributed by atoms with van der Waals surface area (Å²) in [7, 11) is 0. The van der Waals surface area contributed by atoms with Crippen molar-refractivity contribution in [3.63, 3.8) is 0 Å². The Kier molecular flexibility index (Phi) is 10.5. The Balaban J connectivity index is 1.52. The summed E-state index contributed by atoms with van der Waals surface area (Å²) in [5.41, 5.74) is 14.0. The first-order valence-corrected chi connectivity index (χ1v) is 14.4. The largest absolute Gasteiger partial charge is 0.480 e. The van der Waals surface area contributed by atoms with Crippen LogP contribution in [-0.2, 0) is 36.8 Å². The van der Waals surface area contributed by atoms with E-state index in [0.29, 0.717) is 11.1 Å². The minimum Gasteiger partial charge on any atom is -0.480 e. The molecule has 238 valence electrons. The number of para-hydroxylation sites is 2. The number of fused-ring (bicyclic) bond motifs is 2. The van der Waals surface area contributed by atoms with Crippen molar-refractivity contribution in [2.75, 3.05) is 0 Å². The van der Waals surface area contributed by atoms with E-state index in [2.05, 4.69) is 25.9 Å². The SMILES string of the molecule is CC(O)C(NC(=O)C(Cc1c[nH]c2ccccc12)NC(=O)C(N)CCC(N)=O)C(=O)NC(Cc1c[nH]c2ccccc12)C(=O)O. The second-order valence-electron chi connectivity index (χ2n) is 10.9. The predicted molar refractivity (Wildman–Crippen MR) is 166 cm³/mol. The molecule has 14 nitrogen and oxygen atoms in total. The van der Waals surface area contributed by atoms with Crippen LogP contribution in [0.15, 0.2) is 60.9 Å². The predicted octanol–water partition coefficient (Wildman–Crippen LogP) is -0.0530. The number of primary amides is 1. The second-order valence-corrected chi connectivity index (χ2v) is 10.9. The highest BCUT2D eigenvalue weighted by Crippen LogP contribution is 2.21. The monoisotopic (exact) mass is 619 g/mol. The van der Waals surface area contributed by atoms with Gasteiger partial charge in [-0.1, -0.05) is 36.4 Å². The number of aliphatic carboxylic acids is 1. The third kappa shape index (κ3) is 8.25. The molecule has 14 heteroatoms. The number of nitrogens with one attached hydrogen (secondary N) is 5. The third-order valence-electron chi connectivity index (χ3n) is 7.55. The molecule has 4 aromatic rings. The number of aromatic nitrogens is 2. The number of carbonyl (C=O) groups excluding carboxylic acids is 4. The molecule has 0 aliphatic rings. The molecule has 45 heavy (non-hydrogen) atoms. The quantitative estimate of drug-likeness (QED) is 0.0871. The van der Waals surface area contributed by atoms with Gasteiger partial charge in [-0.15, -0.1) is 0 Å². The van der Waals surface area contributed by atoms with Gasteiger partial charge in [-0.3, -0.25) is 19.2 Å². The van der Waals surface area contributed by atoms with Crippen LogP contribution < -0.4 is 27.4 Å². The minimum atomic E-state index is -1.56. The molecule has 0 saturated heterocycles. The first-order valence-electron chi connectivity index (χ1n) is 14.4. The summed E-state index contributed by atoms with van der Waals surface area (Å²) < 4.78 is 0. The molecule has 0 bridgehead atoms. The van der Waals surface area contributed by atoms with Crippen molar-refractivity contribution in [2.45, 2.75) is 62.9 Å². The van der Waals surface area contributed by atoms with Gasteiger partial charge in [-0.2, -0.15) is 0 Å². The number of aromatic amines is 2. The molecule has 0 spiro atoms. The van der Waals surface area contributed by atoms with Gasteiger partial charge in [0.05, 0.1) is 12.1 Å². The zero-order valence-electron chi connectivity index (χ0n) is 24.6. The average Bonchev–Trinajstić information content (AvgIpc) is 3.61. The van der Waals surface area contributed by atoms with Crippen molar-refractivity contribution >= 4 is 51.4 Å². The van der Waals surface area contributed by atoms with Crippen LogP contribution in [0, 0.1) is 0 Å². The van der Waals surface area contributed by atoms with E-state index >= 15 is 0 Å². The van der Waals surface area contributed by atoms with E-state index in [-0.39, 0.29) is 25.7 Å². The minimum absolute atomic E-state index is 0.0173. The summed E-state index contributed by atoms with van der Waals surface area (Å²) in [5.74, 6) is -4.42. The molecular weight excluding hydrogens is 582 g/mol. The number of hydrogen-bond donors (Lipinski definition) is 9. The molecule has 4 rings (SSSR count). The summed E-state index contributed by atoms with van der Waals surface area (Å²) in [6.07, 6.45) is 1.65. The summed E-state index contributed by atoms with van der Waals surface area (Å²) in [6.45, 7) is 1.27. The van der Waals surface area contributed by atoms with E-state index in [1.807, 2.05) is 48.5 Å². The second kappa shape index (κ2) is 14.5. The van der Waals surface area contributed by atoms with E-state index in [1.54, 1.807) is 12.4 Å². The van der Waals surface area contributed by atoms with Gasteiger partial charge >= 0.3 is 5.97 Å². The van der Waals surface area contributed by atoms with Crippen molar-refractivity contribution in [2.24, 2.45) is 11.5 Å². The van der Waals surface area contributed by atoms with Crippen LogP contribution in [-0.4, -0.2) is 80.1 Å². The fourth-order valence-corrected chi connectivity index (χ4v) is 5.08. The van der Waals surface area contributed by atoms with Crippen molar-refractivity contribution in [3.05, 3.63) is 72.1 Å². The first kappa shape index (κ1) is 32.7. The van der Waals surface area contributed by atoms with Crippen LogP contribution in [0.25, 0.3) is 21.8 Å². The van der Waals surface area contributed by atoms with E-state index in [4.69, 9.17) is 11.5 Å². The molecule has 0 fully saturated rings. The molecule has 0 saturated carbocycles. The molecule has 2 aromatic heterocycles. The Hall–Kier alpha value is -5.21. The number of amides is 4. The smallest absolute Gasteiger partial charge is 0.326 e. The summed E-state index contributed by atoms with van der Waals surface area (Å²) in [4.78, 5) is 69.3. The van der Waals surface area contributed by atoms with Gasteiger partial charge in [-0.05, 0) is 36.6 Å². The topological polar surface area (TPSA) is 246 Å². The maximum absolute atomic E-state index is 13.6. The number of benzene rings is 2. The molecule has 4 amide bonds. The number of carboxylic acids is 1. The molecule has 0 radical (unpaired) electrons. The molecular formula is C31H37N7O7. The lowest BCUT2D eigenvalue weighted by Crippen LogP contribution is -2.60. The number of aliphatic hydroxyl groups is 1. The van der Waals surface area contributed by atoms with Crippen LogP contribution in [0.1, 0.15) is 30.9 Å². The Morgan fingerprint density at radius 1 is 0.778 bits per heavy atom. The normalized spacial score (nSPS) is 14.6. The van der Waals surface area contributed by atoms with Gasteiger partial charge in [-0.25, -0.2) is 4.79 Å². The third-order valence-corrected chi connectivity index (χ3v) is 7.55. The Bertz CT molecular complexity index is 1700. The highest BCUT2D eigenvalue weighted by atomic mass is 16.4. The standard InChI is InChI=1S/C31H37N7O7/c1-16(39)27(30(43)37-25(31(44)45)13-18-15-35-23-9-5-3-7-20(18)23)38-29(42)24(36-28(41)21(32)10-11-26(33)40)12-17-14-34-22-8-4-2-6-19(17)22/h2-9,14-16,21,24-25,27,34-35,39H,10-13,32H2,1H3,(H2,33,40)(H,36,41)(H,37,43)(H,38,42)(H,44,45). The van der Waals surface area contributed by atoms with Crippen molar-refractivity contribution in [1.29, 1.82) is 0 Å². The lowest BCUT2D eigenvalue weighted by Gasteiger charge is -2.26. The van der Waals surface area contributed by atoms with E-state index in [0.717, 1.165) is 21.8 Å². The molecule has 11 N–H and O–H groups in total. The van der Waals surface area contributed by atoms with E-state index in [1.165, 1.54) is 6.92 Å². The molecule has 5 atom stereocenters. The van der Waals surface area contributed by atoms with Crippen LogP contribution in [0.5, 0.6) is 0 Å². The number of carboxylic acid groups (broad SMARTS) is 1. The number of aliphatic hydroxyl groups excluding tert-OH is 1. The Morgan fingerprint density at radius 2 is 1.29 bits per heavy atom. The summed E-state index contributed by atoms with van der Waals surface area (Å²) in [6, 6.07) is 9.29. The highest BCUT2D eigenvalue weighted by Gasteiger charge is 2.33. The van der Waals surface area contributed by atoms with Gasteiger partial charge < -0.3 is 47.6 Å². The van der Waals surface area contributed by atoms with Crippen molar-refractivity contribution in [1.82, 2.24) is 25.9 Å². The summed E-state index contributed by atoms with van der Waals surface area (Å²) >= 11 is 0. The number of H-pyrrole nitrogens is 2. The zero-order valence-corrected chi connectivity index (χ0v) is 24.6. The van der Waals surface area contributed by atoms with Crippen LogP contribution >= 0.6 is 0 Å². The van der Waals surface area contributed by atoms with E-state index < -0.39 is 59.9 Å². The average molecular weight is 620 g/mol. The van der Waals surface area contributed by atoms with Crippen LogP contribution in [0.2, 0.25) is 0 Å². The van der Waals surface area contributed by atoms with Gasteiger partial charge in [0.1, 0.15) is 18.1 Å². The van der Waals surface area contributed by atoms with Crippen LogP contribution in [0.3, 0.4) is 0 Å². The van der Waals surface area contributed by atoms with Gasteiger partial charge in [0, 0.05) is 53.5 Å². The molecule has 2 aromatic carbocycles. The van der Waals surface area contributed by atoms with Crippen molar-refractivity contribution < 1.29 is 34.2 Å². The van der Waals surface area contributed by atoms with Gasteiger partial charge in [0.25, 0.3) is 0 Å². The number of rotatable bonds is 15. The molecule has 2 heterocycles. The first-order chi connectivity index (χ1) is 21.4. The molecule has 5 unspecified atom stereocenters. The van der Waals surface area contributed by atoms with Crippen LogP contribution in [0.4, 0.5) is 0 Å². The lowest BCUT2D eigenvalue weighted by atomic mass is 10.0. The lowest BCUT2D eigenvalue weighted by molar-refractivity contribution is -0.143. The fourth-order valence-electron chi connectivity index (χ4n) is 5.08. The Labute approximate surface area is 257 Å². The van der Waals surface area contributed by atoms with Gasteiger partial charge in [0.2, 0.25) is 23.6 Å². The van der Waals surface area contributed by atoms with Gasteiger partial charge in [0.15, 0.2) is 0 Å². The number of carbonyl (C=O) groups is 5. The number of hydrogen-bond acceptors (Lipinski definition) is 7.